The molecule has 0 aromatic heterocycles. The van der Waals surface area contributed by atoms with E-state index in [1.54, 1.807) is 0 Å². The molecular weight excluding hydrogens is 364 g/mol. The maximum Gasteiger partial charge on any atom is 0.407 e. The van der Waals surface area contributed by atoms with Crippen molar-refractivity contribution in [1.29, 1.82) is 0 Å². The number of hydrogen-bond acceptors (Lipinski definition) is 3. The fourth-order valence-corrected chi connectivity index (χ4v) is 3.73. The minimum Gasteiger partial charge on any atom is -0.444 e. The molecule has 154 valence electrons. The van der Waals surface area contributed by atoms with Crippen LogP contribution in [0.2, 0.25) is 0 Å². The van der Waals surface area contributed by atoms with Crippen molar-refractivity contribution in [3.8, 4) is 0 Å². The van der Waals surface area contributed by atoms with Crippen LogP contribution < -0.4 is 5.32 Å². The summed E-state index contributed by atoms with van der Waals surface area (Å²) >= 11 is 0. The average molecular weight is 395 g/mol. The zero-order chi connectivity index (χ0) is 21.0. The van der Waals surface area contributed by atoms with Crippen LogP contribution in [0.25, 0.3) is 0 Å². The maximum atomic E-state index is 13.0. The first-order valence-corrected chi connectivity index (χ1v) is 10.2. The van der Waals surface area contributed by atoms with Crippen molar-refractivity contribution in [2.45, 2.75) is 58.2 Å². The van der Waals surface area contributed by atoms with Gasteiger partial charge in [0, 0.05) is 19.2 Å². The highest BCUT2D eigenvalue weighted by Crippen LogP contribution is 2.34. The van der Waals surface area contributed by atoms with Crippen LogP contribution in [0.15, 0.2) is 48.5 Å². The normalized spacial score (nSPS) is 15.9. The smallest absolute Gasteiger partial charge is 0.407 e. The van der Waals surface area contributed by atoms with Gasteiger partial charge in [0.25, 0.3) is 5.91 Å². The maximum absolute atomic E-state index is 13.0. The van der Waals surface area contributed by atoms with E-state index < -0.39 is 11.7 Å². The molecule has 5 nitrogen and oxygen atoms in total. The van der Waals surface area contributed by atoms with Crippen LogP contribution in [0, 0.1) is 0 Å². The van der Waals surface area contributed by atoms with Gasteiger partial charge in [0.15, 0.2) is 0 Å². The van der Waals surface area contributed by atoms with Gasteiger partial charge in [-0.2, -0.15) is 0 Å². The lowest BCUT2D eigenvalue weighted by molar-refractivity contribution is 0.0523. The second-order valence-electron chi connectivity index (χ2n) is 8.58. The van der Waals surface area contributed by atoms with E-state index in [1.807, 2.05) is 63.1 Å². The van der Waals surface area contributed by atoms with Crippen molar-refractivity contribution in [3.05, 3.63) is 70.8 Å². The summed E-state index contributed by atoms with van der Waals surface area (Å²) in [6.45, 7) is 5.84. The Labute approximate surface area is 173 Å². The Morgan fingerprint density at radius 2 is 1.79 bits per heavy atom. The predicted octanol–water partition coefficient (Wildman–Crippen LogP) is 4.86. The number of carbonyl (C=O) groups excluding carboxylic acids is 2. The standard InChI is InChI=1S/C24H30N2O3/c1-24(2,3)29-23(28)25-16-17-12-14-19(15-13-17)22(27)26(4)21-11-7-9-18-8-5-6-10-20(18)21/h5-6,8,10,12-15,21H,7,9,11,16H2,1-4H3,(H,25,28). The molecule has 1 aliphatic rings. The number of amides is 2. The van der Waals surface area contributed by atoms with E-state index in [2.05, 4.69) is 23.5 Å². The summed E-state index contributed by atoms with van der Waals surface area (Å²) in [5.41, 5.74) is 3.64. The van der Waals surface area contributed by atoms with E-state index >= 15 is 0 Å². The summed E-state index contributed by atoms with van der Waals surface area (Å²) in [7, 11) is 1.88. The number of aryl methyl sites for hydroxylation is 1. The van der Waals surface area contributed by atoms with Crippen molar-refractivity contribution in [2.75, 3.05) is 7.05 Å². The van der Waals surface area contributed by atoms with E-state index in [4.69, 9.17) is 4.74 Å². The molecule has 5 heteroatoms. The number of ether oxygens (including phenoxy) is 1. The molecule has 1 N–H and O–H groups in total. The first-order chi connectivity index (χ1) is 13.7. The summed E-state index contributed by atoms with van der Waals surface area (Å²) in [5.74, 6) is 0.0124. The van der Waals surface area contributed by atoms with Crippen LogP contribution in [-0.2, 0) is 17.7 Å². The number of alkyl carbamates (subject to hydrolysis) is 1. The number of hydrogen-bond donors (Lipinski definition) is 1. The van der Waals surface area contributed by atoms with Gasteiger partial charge in [0.2, 0.25) is 0 Å². The number of nitrogens with zero attached hydrogens (tertiary/aromatic N) is 1. The molecule has 3 rings (SSSR count). The zero-order valence-corrected chi connectivity index (χ0v) is 17.7. The molecule has 0 radical (unpaired) electrons. The van der Waals surface area contributed by atoms with Crippen LogP contribution in [0.1, 0.15) is 66.7 Å². The molecule has 1 atom stereocenters. The van der Waals surface area contributed by atoms with Gasteiger partial charge < -0.3 is 15.0 Å². The predicted molar refractivity (Wildman–Crippen MR) is 114 cm³/mol. The monoisotopic (exact) mass is 394 g/mol. The highest BCUT2D eigenvalue weighted by Gasteiger charge is 2.27. The van der Waals surface area contributed by atoms with Crippen LogP contribution in [0.5, 0.6) is 0 Å². The third-order valence-electron chi connectivity index (χ3n) is 5.16. The molecule has 0 spiro atoms. The third kappa shape index (κ3) is 5.37. The largest absolute Gasteiger partial charge is 0.444 e. The number of carbonyl (C=O) groups is 2. The molecular formula is C24H30N2O3. The van der Waals surface area contributed by atoms with E-state index in [9.17, 15) is 9.59 Å². The summed E-state index contributed by atoms with van der Waals surface area (Å²) < 4.78 is 5.24. The molecule has 2 amide bonds. The number of fused-ring (bicyclic) bond motifs is 1. The molecule has 0 fully saturated rings. The Balaban J connectivity index is 1.63. The minimum atomic E-state index is -0.525. The Hall–Kier alpha value is -2.82. The molecule has 0 aliphatic heterocycles. The van der Waals surface area contributed by atoms with Gasteiger partial charge in [-0.3, -0.25) is 4.79 Å². The fraction of sp³-hybridized carbons (Fsp3) is 0.417. The Morgan fingerprint density at radius 3 is 2.48 bits per heavy atom. The Morgan fingerprint density at radius 1 is 1.10 bits per heavy atom. The lowest BCUT2D eigenvalue weighted by atomic mass is 9.87. The van der Waals surface area contributed by atoms with Gasteiger partial charge >= 0.3 is 6.09 Å². The van der Waals surface area contributed by atoms with Crippen LogP contribution >= 0.6 is 0 Å². The number of benzene rings is 2. The SMILES string of the molecule is CN(C(=O)c1ccc(CNC(=O)OC(C)(C)C)cc1)C1CCCc2ccccc21. The van der Waals surface area contributed by atoms with E-state index in [0.29, 0.717) is 12.1 Å². The summed E-state index contributed by atoms with van der Waals surface area (Å²) in [6.07, 6.45) is 2.70. The molecule has 1 unspecified atom stereocenters. The second kappa shape index (κ2) is 8.68. The Bertz CT molecular complexity index is 868. The average Bonchev–Trinajstić information content (AvgIpc) is 2.70. The molecule has 0 heterocycles. The van der Waals surface area contributed by atoms with Crippen molar-refractivity contribution in [2.24, 2.45) is 0 Å². The van der Waals surface area contributed by atoms with Gasteiger partial charge in [-0.15, -0.1) is 0 Å². The molecule has 0 bridgehead atoms. The van der Waals surface area contributed by atoms with Crippen molar-refractivity contribution < 1.29 is 14.3 Å². The summed E-state index contributed by atoms with van der Waals surface area (Å²) in [5, 5.41) is 2.73. The van der Waals surface area contributed by atoms with Crippen LogP contribution in [0.4, 0.5) is 4.79 Å². The second-order valence-corrected chi connectivity index (χ2v) is 8.58. The topological polar surface area (TPSA) is 58.6 Å². The van der Waals surface area contributed by atoms with Gasteiger partial charge in [0.05, 0.1) is 6.04 Å². The van der Waals surface area contributed by atoms with Gasteiger partial charge in [-0.25, -0.2) is 4.79 Å². The summed E-state index contributed by atoms with van der Waals surface area (Å²) in [4.78, 5) is 26.7. The fourth-order valence-electron chi connectivity index (χ4n) is 3.73. The lowest BCUT2D eigenvalue weighted by Gasteiger charge is -2.33. The molecule has 0 saturated heterocycles. The van der Waals surface area contributed by atoms with E-state index in [1.165, 1.54) is 11.1 Å². The highest BCUT2D eigenvalue weighted by atomic mass is 16.6. The van der Waals surface area contributed by atoms with Gasteiger partial charge in [-0.05, 0) is 68.9 Å². The minimum absolute atomic E-state index is 0.0124. The highest BCUT2D eigenvalue weighted by molar-refractivity contribution is 5.94. The quantitative estimate of drug-likeness (QED) is 0.806. The Kier molecular flexibility index (Phi) is 6.26. The van der Waals surface area contributed by atoms with Crippen molar-refractivity contribution in [3.63, 3.8) is 0 Å². The van der Waals surface area contributed by atoms with Crippen LogP contribution in [-0.4, -0.2) is 29.5 Å². The molecule has 0 saturated carbocycles. The zero-order valence-electron chi connectivity index (χ0n) is 17.7. The number of rotatable bonds is 4. The summed E-state index contributed by atoms with van der Waals surface area (Å²) in [6, 6.07) is 15.9. The van der Waals surface area contributed by atoms with Crippen molar-refractivity contribution >= 4 is 12.0 Å². The van der Waals surface area contributed by atoms with Gasteiger partial charge in [0.1, 0.15) is 5.60 Å². The molecule has 2 aromatic rings. The van der Waals surface area contributed by atoms with E-state index in [0.717, 1.165) is 24.8 Å². The molecule has 1 aliphatic carbocycles. The third-order valence-corrected chi connectivity index (χ3v) is 5.16. The van der Waals surface area contributed by atoms with Crippen molar-refractivity contribution in [1.82, 2.24) is 10.2 Å². The first kappa shape index (κ1) is 20.9. The molecule has 29 heavy (non-hydrogen) atoms. The van der Waals surface area contributed by atoms with E-state index in [-0.39, 0.29) is 11.9 Å². The first-order valence-electron chi connectivity index (χ1n) is 10.2. The number of nitrogens with one attached hydrogen (secondary N) is 1. The lowest BCUT2D eigenvalue weighted by Crippen LogP contribution is -2.33. The molecule has 2 aromatic carbocycles. The van der Waals surface area contributed by atoms with Crippen LogP contribution in [0.3, 0.4) is 0 Å². The van der Waals surface area contributed by atoms with Gasteiger partial charge in [-0.1, -0.05) is 36.4 Å².